The Kier molecular flexibility index (Phi) is 4.76. The summed E-state index contributed by atoms with van der Waals surface area (Å²) in [5.74, 6) is 2.86. The highest BCUT2D eigenvalue weighted by Crippen LogP contribution is 2.34. The van der Waals surface area contributed by atoms with Gasteiger partial charge < -0.3 is 10.5 Å². The molecule has 0 aromatic heterocycles. The molecule has 1 atom stereocenters. The number of aryl methyl sites for hydroxylation is 1. The molecule has 0 aliphatic carbocycles. The number of benzene rings is 1. The van der Waals surface area contributed by atoms with Crippen molar-refractivity contribution in [3.05, 3.63) is 17.7 Å². The third-order valence-electron chi connectivity index (χ3n) is 3.36. The quantitative estimate of drug-likeness (QED) is 0.640. The second-order valence-electron chi connectivity index (χ2n) is 5.09. The van der Waals surface area contributed by atoms with E-state index in [4.69, 9.17) is 16.9 Å². The number of terminal acetylenes is 1. The molecule has 114 valence electrons. The molecular weight excluding hydrogens is 288 g/mol. The number of nitrogens with two attached hydrogens (primary N) is 1. The number of nitrogens with one attached hydrogen (secondary N) is 1. The SMILES string of the molecule is C#CC(CCC)NS(=O)(=O)c1cc(N)cc2c1OCCC2. The van der Waals surface area contributed by atoms with Crippen LogP contribution in [0.2, 0.25) is 0 Å². The lowest BCUT2D eigenvalue weighted by atomic mass is 10.1. The van der Waals surface area contributed by atoms with Crippen LogP contribution in [0.3, 0.4) is 0 Å². The normalized spacial score (nSPS) is 15.6. The van der Waals surface area contributed by atoms with E-state index in [1.165, 1.54) is 6.07 Å². The van der Waals surface area contributed by atoms with Crippen molar-refractivity contribution in [1.29, 1.82) is 0 Å². The highest BCUT2D eigenvalue weighted by atomic mass is 32.2. The predicted molar refractivity (Wildman–Crippen MR) is 82.5 cm³/mol. The molecule has 1 unspecified atom stereocenters. The summed E-state index contributed by atoms with van der Waals surface area (Å²) in [4.78, 5) is 0.0774. The Morgan fingerprint density at radius 1 is 1.52 bits per heavy atom. The lowest BCUT2D eigenvalue weighted by Crippen LogP contribution is -2.34. The van der Waals surface area contributed by atoms with Gasteiger partial charge in [0.1, 0.15) is 10.6 Å². The molecule has 1 heterocycles. The van der Waals surface area contributed by atoms with Gasteiger partial charge in [-0.1, -0.05) is 19.3 Å². The van der Waals surface area contributed by atoms with Crippen LogP contribution in [0.1, 0.15) is 31.7 Å². The highest BCUT2D eigenvalue weighted by molar-refractivity contribution is 7.89. The van der Waals surface area contributed by atoms with Crippen molar-refractivity contribution in [3.8, 4) is 18.1 Å². The number of hydrogen-bond donors (Lipinski definition) is 2. The molecule has 3 N–H and O–H groups in total. The van der Waals surface area contributed by atoms with Crippen molar-refractivity contribution in [2.45, 2.75) is 43.5 Å². The zero-order valence-corrected chi connectivity index (χ0v) is 12.9. The first-order valence-electron chi connectivity index (χ1n) is 7.01. The van der Waals surface area contributed by atoms with Gasteiger partial charge in [-0.3, -0.25) is 0 Å². The molecule has 1 aliphatic rings. The van der Waals surface area contributed by atoms with E-state index in [0.717, 1.165) is 24.8 Å². The van der Waals surface area contributed by atoms with Crippen LogP contribution in [-0.2, 0) is 16.4 Å². The molecule has 0 amide bonds. The van der Waals surface area contributed by atoms with Crippen molar-refractivity contribution in [1.82, 2.24) is 4.72 Å². The first-order valence-corrected chi connectivity index (χ1v) is 8.50. The molecule has 0 radical (unpaired) electrons. The average molecular weight is 308 g/mol. The van der Waals surface area contributed by atoms with Gasteiger partial charge in [0.25, 0.3) is 0 Å². The summed E-state index contributed by atoms with van der Waals surface area (Å²) < 4.78 is 33.2. The van der Waals surface area contributed by atoms with E-state index in [-0.39, 0.29) is 4.90 Å². The Bertz CT molecular complexity index is 662. The van der Waals surface area contributed by atoms with Crippen molar-refractivity contribution in [2.75, 3.05) is 12.3 Å². The maximum absolute atomic E-state index is 12.6. The zero-order chi connectivity index (χ0) is 15.5. The zero-order valence-electron chi connectivity index (χ0n) is 12.1. The summed E-state index contributed by atoms with van der Waals surface area (Å²) in [6.45, 7) is 2.46. The van der Waals surface area contributed by atoms with E-state index >= 15 is 0 Å². The van der Waals surface area contributed by atoms with Crippen molar-refractivity contribution in [3.63, 3.8) is 0 Å². The largest absolute Gasteiger partial charge is 0.492 e. The summed E-state index contributed by atoms with van der Waals surface area (Å²) >= 11 is 0. The number of rotatable bonds is 5. The van der Waals surface area contributed by atoms with Crippen molar-refractivity contribution < 1.29 is 13.2 Å². The fraction of sp³-hybridized carbons (Fsp3) is 0.467. The van der Waals surface area contributed by atoms with E-state index in [0.29, 0.717) is 24.5 Å². The second kappa shape index (κ2) is 6.37. The number of nitrogen functional groups attached to an aromatic ring is 1. The summed E-state index contributed by atoms with van der Waals surface area (Å²) in [6.07, 6.45) is 8.37. The standard InChI is InChI=1S/C15H20N2O3S/c1-3-6-13(4-2)17-21(18,19)14-10-12(16)9-11-7-5-8-20-15(11)14/h2,9-10,13,17H,3,5-8,16H2,1H3. The summed E-state index contributed by atoms with van der Waals surface area (Å²) in [5, 5.41) is 0. The first-order chi connectivity index (χ1) is 9.97. The third-order valence-corrected chi connectivity index (χ3v) is 4.83. The third kappa shape index (κ3) is 3.49. The number of anilines is 1. The van der Waals surface area contributed by atoms with Crippen LogP contribution in [0, 0.1) is 12.3 Å². The first kappa shape index (κ1) is 15.7. The van der Waals surface area contributed by atoms with Crippen LogP contribution < -0.4 is 15.2 Å². The lowest BCUT2D eigenvalue weighted by molar-refractivity contribution is 0.280. The Hall–Kier alpha value is -1.71. The number of ether oxygens (including phenoxy) is 1. The van der Waals surface area contributed by atoms with Crippen LogP contribution in [0.5, 0.6) is 5.75 Å². The van der Waals surface area contributed by atoms with Gasteiger partial charge in [-0.2, -0.15) is 4.72 Å². The Morgan fingerprint density at radius 2 is 2.29 bits per heavy atom. The van der Waals surface area contributed by atoms with Gasteiger partial charge in [0, 0.05) is 5.69 Å². The molecule has 2 rings (SSSR count). The number of fused-ring (bicyclic) bond motifs is 1. The van der Waals surface area contributed by atoms with Gasteiger partial charge in [0.05, 0.1) is 12.6 Å². The van der Waals surface area contributed by atoms with Crippen LogP contribution >= 0.6 is 0 Å². The molecule has 0 fully saturated rings. The predicted octanol–water partition coefficient (Wildman–Crippen LogP) is 1.67. The number of hydrogen-bond acceptors (Lipinski definition) is 4. The molecule has 0 bridgehead atoms. The van der Waals surface area contributed by atoms with Crippen molar-refractivity contribution >= 4 is 15.7 Å². The van der Waals surface area contributed by atoms with E-state index in [1.54, 1.807) is 6.07 Å². The van der Waals surface area contributed by atoms with Crippen LogP contribution in [0.25, 0.3) is 0 Å². The topological polar surface area (TPSA) is 81.4 Å². The van der Waals surface area contributed by atoms with E-state index in [9.17, 15) is 8.42 Å². The Balaban J connectivity index is 2.40. The molecule has 0 saturated carbocycles. The van der Waals surface area contributed by atoms with E-state index in [1.807, 2.05) is 6.92 Å². The monoisotopic (exact) mass is 308 g/mol. The van der Waals surface area contributed by atoms with Crippen LogP contribution in [0.15, 0.2) is 17.0 Å². The van der Waals surface area contributed by atoms with Gasteiger partial charge in [0.15, 0.2) is 0 Å². The number of sulfonamides is 1. The Morgan fingerprint density at radius 3 is 2.95 bits per heavy atom. The molecular formula is C15H20N2O3S. The maximum atomic E-state index is 12.6. The van der Waals surface area contributed by atoms with E-state index in [2.05, 4.69) is 10.6 Å². The maximum Gasteiger partial charge on any atom is 0.245 e. The molecule has 0 spiro atoms. The summed E-state index contributed by atoms with van der Waals surface area (Å²) in [7, 11) is -3.76. The van der Waals surface area contributed by atoms with Gasteiger partial charge in [-0.25, -0.2) is 8.42 Å². The van der Waals surface area contributed by atoms with Crippen LogP contribution in [-0.4, -0.2) is 21.1 Å². The minimum absolute atomic E-state index is 0.0774. The molecule has 1 aromatic carbocycles. The fourth-order valence-corrected chi connectivity index (χ4v) is 3.80. The molecule has 0 saturated heterocycles. The van der Waals surface area contributed by atoms with Gasteiger partial charge in [-0.15, -0.1) is 6.42 Å². The smallest absolute Gasteiger partial charge is 0.245 e. The minimum Gasteiger partial charge on any atom is -0.492 e. The lowest BCUT2D eigenvalue weighted by Gasteiger charge is -2.22. The molecule has 6 heteroatoms. The molecule has 21 heavy (non-hydrogen) atoms. The highest BCUT2D eigenvalue weighted by Gasteiger charge is 2.26. The van der Waals surface area contributed by atoms with Crippen LogP contribution in [0.4, 0.5) is 5.69 Å². The van der Waals surface area contributed by atoms with E-state index < -0.39 is 16.1 Å². The molecule has 5 nitrogen and oxygen atoms in total. The molecule has 1 aliphatic heterocycles. The van der Waals surface area contributed by atoms with Gasteiger partial charge >= 0.3 is 0 Å². The molecule has 1 aromatic rings. The fourth-order valence-electron chi connectivity index (χ4n) is 2.39. The Labute approximate surface area is 125 Å². The van der Waals surface area contributed by atoms with Gasteiger partial charge in [-0.05, 0) is 37.0 Å². The summed E-state index contributed by atoms with van der Waals surface area (Å²) in [5.41, 5.74) is 7.05. The average Bonchev–Trinajstić information content (AvgIpc) is 2.45. The second-order valence-corrected chi connectivity index (χ2v) is 6.77. The summed E-state index contributed by atoms with van der Waals surface area (Å²) in [6, 6.07) is 2.66. The minimum atomic E-state index is -3.76. The van der Waals surface area contributed by atoms with Crippen molar-refractivity contribution in [2.24, 2.45) is 0 Å². The van der Waals surface area contributed by atoms with Gasteiger partial charge in [0.2, 0.25) is 10.0 Å².